The van der Waals surface area contributed by atoms with E-state index in [1.165, 1.54) is 0 Å². The van der Waals surface area contributed by atoms with Crippen LogP contribution in [0.4, 0.5) is 0 Å². The molecule has 0 unspecified atom stereocenters. The van der Waals surface area contributed by atoms with Crippen LogP contribution in [0.15, 0.2) is 29.3 Å². The average molecular weight is 266 g/mol. The molecule has 0 nitrogen and oxygen atoms in total. The van der Waals surface area contributed by atoms with Crippen molar-refractivity contribution in [3.05, 3.63) is 39.8 Å². The van der Waals surface area contributed by atoms with Crippen molar-refractivity contribution >= 4 is 44.7 Å². The van der Waals surface area contributed by atoms with E-state index in [-0.39, 0.29) is 0 Å². The highest BCUT2D eigenvalue weighted by molar-refractivity contribution is 9.10. The summed E-state index contributed by atoms with van der Waals surface area (Å²) in [4.78, 5) is 0. The number of hydrogen-bond donors (Lipinski definition) is 0. The van der Waals surface area contributed by atoms with Crippen molar-refractivity contribution in [3.8, 4) is 0 Å². The molecule has 0 fully saturated rings. The Hall–Kier alpha value is 0.0200. The Morgan fingerprint density at radius 1 is 1.50 bits per heavy atom. The highest BCUT2D eigenvalue weighted by atomic mass is 79.9. The fraction of sp³-hybridized carbons (Fsp3) is 0.111. The molecule has 1 aromatic carbocycles. The van der Waals surface area contributed by atoms with Crippen LogP contribution in [0.25, 0.3) is 5.57 Å². The number of allylic oxidation sites excluding steroid dienone is 1. The number of halogens is 3. The summed E-state index contributed by atoms with van der Waals surface area (Å²) >= 11 is 15.0. The van der Waals surface area contributed by atoms with Crippen LogP contribution in [0.2, 0.25) is 5.02 Å². The van der Waals surface area contributed by atoms with Crippen molar-refractivity contribution in [2.75, 3.05) is 5.88 Å². The van der Waals surface area contributed by atoms with Gasteiger partial charge < -0.3 is 0 Å². The Labute approximate surface area is 90.3 Å². The molecule has 3 heteroatoms. The van der Waals surface area contributed by atoms with Crippen molar-refractivity contribution < 1.29 is 0 Å². The van der Waals surface area contributed by atoms with Gasteiger partial charge in [0.2, 0.25) is 0 Å². The summed E-state index contributed by atoms with van der Waals surface area (Å²) in [5.41, 5.74) is 1.73. The van der Waals surface area contributed by atoms with E-state index >= 15 is 0 Å². The summed E-state index contributed by atoms with van der Waals surface area (Å²) in [5.74, 6) is 0.391. The molecule has 1 rings (SSSR count). The van der Waals surface area contributed by atoms with Crippen molar-refractivity contribution in [1.29, 1.82) is 0 Å². The molecule has 0 aliphatic heterocycles. The first-order valence-electron chi connectivity index (χ1n) is 3.35. The number of hydrogen-bond acceptors (Lipinski definition) is 0. The van der Waals surface area contributed by atoms with E-state index in [9.17, 15) is 0 Å². The smallest absolute Gasteiger partial charge is 0.0492 e. The zero-order chi connectivity index (χ0) is 9.14. The minimum atomic E-state index is 0.391. The molecule has 0 radical (unpaired) electrons. The van der Waals surface area contributed by atoms with Crippen LogP contribution in [0.3, 0.4) is 0 Å². The summed E-state index contributed by atoms with van der Waals surface area (Å²) in [5, 5.41) is 0.676. The van der Waals surface area contributed by atoms with Gasteiger partial charge in [0.1, 0.15) is 0 Å². The van der Waals surface area contributed by atoms with Gasteiger partial charge in [0, 0.05) is 20.9 Å². The lowest BCUT2D eigenvalue weighted by Crippen LogP contribution is -1.87. The molecule has 0 N–H and O–H groups in total. The number of rotatable bonds is 2. The van der Waals surface area contributed by atoms with Gasteiger partial charge in [-0.15, -0.1) is 11.6 Å². The normalized spacial score (nSPS) is 9.92. The van der Waals surface area contributed by atoms with E-state index in [1.54, 1.807) is 0 Å². The van der Waals surface area contributed by atoms with E-state index in [2.05, 4.69) is 22.5 Å². The van der Waals surface area contributed by atoms with Crippen molar-refractivity contribution in [3.63, 3.8) is 0 Å². The van der Waals surface area contributed by atoms with Gasteiger partial charge in [0.15, 0.2) is 0 Å². The Kier molecular flexibility index (Phi) is 3.63. The van der Waals surface area contributed by atoms with E-state index < -0.39 is 0 Å². The predicted octanol–water partition coefficient (Wildman–Crippen LogP) is 4.35. The highest BCUT2D eigenvalue weighted by Crippen LogP contribution is 2.30. The molecule has 0 atom stereocenters. The van der Waals surface area contributed by atoms with Crippen molar-refractivity contribution in [2.24, 2.45) is 0 Å². The van der Waals surface area contributed by atoms with Gasteiger partial charge in [-0.25, -0.2) is 0 Å². The molecule has 0 aliphatic carbocycles. The SMILES string of the molecule is C=C(CCl)c1c(Cl)cccc1Br. The second kappa shape index (κ2) is 4.31. The second-order valence-corrected chi connectivity index (χ2v) is 3.86. The lowest BCUT2D eigenvalue weighted by atomic mass is 10.1. The largest absolute Gasteiger partial charge is 0.122 e. The standard InChI is InChI=1S/C9H7BrCl2/c1-6(5-11)9-7(10)3-2-4-8(9)12/h2-4H,1,5H2. The van der Waals surface area contributed by atoms with E-state index in [0.717, 1.165) is 15.6 Å². The quantitative estimate of drug-likeness (QED) is 0.698. The third-order valence-electron chi connectivity index (χ3n) is 1.48. The van der Waals surface area contributed by atoms with Crippen LogP contribution in [-0.4, -0.2) is 5.88 Å². The second-order valence-electron chi connectivity index (χ2n) is 2.33. The van der Waals surface area contributed by atoms with Gasteiger partial charge in [-0.2, -0.15) is 0 Å². The van der Waals surface area contributed by atoms with Gasteiger partial charge in [0.25, 0.3) is 0 Å². The van der Waals surface area contributed by atoms with E-state index in [4.69, 9.17) is 23.2 Å². The first-order chi connectivity index (χ1) is 5.66. The fourth-order valence-corrected chi connectivity index (χ4v) is 2.10. The number of alkyl halides is 1. The van der Waals surface area contributed by atoms with E-state index in [0.29, 0.717) is 10.9 Å². The van der Waals surface area contributed by atoms with E-state index in [1.807, 2.05) is 18.2 Å². The molecule has 0 saturated carbocycles. The molecule has 0 bridgehead atoms. The molecule has 0 spiro atoms. The third-order valence-corrected chi connectivity index (χ3v) is 2.78. The summed E-state index contributed by atoms with van der Waals surface area (Å²) in [6, 6.07) is 5.61. The van der Waals surface area contributed by atoms with Crippen LogP contribution in [0.1, 0.15) is 5.56 Å². The molecule has 12 heavy (non-hydrogen) atoms. The predicted molar refractivity (Wildman–Crippen MR) is 58.9 cm³/mol. The molecule has 64 valence electrons. The summed E-state index contributed by atoms with van der Waals surface area (Å²) in [6.45, 7) is 3.82. The maximum Gasteiger partial charge on any atom is 0.0492 e. The fourth-order valence-electron chi connectivity index (χ4n) is 0.902. The molecular formula is C9H7BrCl2. The summed E-state index contributed by atoms with van der Waals surface area (Å²) in [6.07, 6.45) is 0. The third kappa shape index (κ3) is 2.03. The zero-order valence-corrected chi connectivity index (χ0v) is 9.38. The van der Waals surface area contributed by atoms with Crippen LogP contribution in [-0.2, 0) is 0 Å². The molecule has 0 aliphatic rings. The minimum Gasteiger partial charge on any atom is -0.122 e. The first kappa shape index (κ1) is 10.1. The molecule has 0 aromatic heterocycles. The molecule has 0 saturated heterocycles. The highest BCUT2D eigenvalue weighted by Gasteiger charge is 2.06. The van der Waals surface area contributed by atoms with Crippen LogP contribution in [0.5, 0.6) is 0 Å². The van der Waals surface area contributed by atoms with Gasteiger partial charge in [-0.1, -0.05) is 40.2 Å². The minimum absolute atomic E-state index is 0.391. The van der Waals surface area contributed by atoms with Crippen LogP contribution >= 0.6 is 39.1 Å². The van der Waals surface area contributed by atoms with Gasteiger partial charge >= 0.3 is 0 Å². The zero-order valence-electron chi connectivity index (χ0n) is 6.28. The molecule has 0 amide bonds. The summed E-state index contributed by atoms with van der Waals surface area (Å²) in [7, 11) is 0. The lowest BCUT2D eigenvalue weighted by Gasteiger charge is -2.06. The Bertz CT molecular complexity index is 287. The van der Waals surface area contributed by atoms with Crippen molar-refractivity contribution in [2.45, 2.75) is 0 Å². The lowest BCUT2D eigenvalue weighted by molar-refractivity contribution is 1.54. The average Bonchev–Trinajstić information content (AvgIpc) is 2.03. The molecule has 1 aromatic rings. The van der Waals surface area contributed by atoms with Gasteiger partial charge in [-0.3, -0.25) is 0 Å². The maximum absolute atomic E-state index is 5.95. The Balaban J connectivity index is 3.21. The van der Waals surface area contributed by atoms with Gasteiger partial charge in [0.05, 0.1) is 0 Å². The topological polar surface area (TPSA) is 0 Å². The van der Waals surface area contributed by atoms with Crippen molar-refractivity contribution in [1.82, 2.24) is 0 Å². The Morgan fingerprint density at radius 2 is 2.17 bits per heavy atom. The molecular weight excluding hydrogens is 259 g/mol. The van der Waals surface area contributed by atoms with Crippen LogP contribution < -0.4 is 0 Å². The number of benzene rings is 1. The van der Waals surface area contributed by atoms with Crippen LogP contribution in [0, 0.1) is 0 Å². The first-order valence-corrected chi connectivity index (χ1v) is 5.05. The Morgan fingerprint density at radius 3 is 2.67 bits per heavy atom. The molecule has 0 heterocycles. The summed E-state index contributed by atoms with van der Waals surface area (Å²) < 4.78 is 0.931. The monoisotopic (exact) mass is 264 g/mol. The maximum atomic E-state index is 5.95. The van der Waals surface area contributed by atoms with Gasteiger partial charge in [-0.05, 0) is 17.7 Å².